The van der Waals surface area contributed by atoms with Gasteiger partial charge in [-0.3, -0.25) is 9.69 Å². The Hall–Kier alpha value is -2.77. The molecule has 32 heavy (non-hydrogen) atoms. The van der Waals surface area contributed by atoms with E-state index in [9.17, 15) is 4.79 Å². The van der Waals surface area contributed by atoms with Crippen LogP contribution in [-0.4, -0.2) is 76.1 Å². The molecule has 2 aliphatic rings. The second-order valence-electron chi connectivity index (χ2n) is 8.96. The molecule has 7 nitrogen and oxygen atoms in total. The van der Waals surface area contributed by atoms with Crippen molar-refractivity contribution in [1.29, 1.82) is 0 Å². The predicted octanol–water partition coefficient (Wildman–Crippen LogP) is 3.05. The first kappa shape index (κ1) is 21.1. The van der Waals surface area contributed by atoms with Crippen LogP contribution in [-0.2, 0) is 11.3 Å². The molecule has 1 aromatic heterocycles. The summed E-state index contributed by atoms with van der Waals surface area (Å²) < 4.78 is 7.25. The summed E-state index contributed by atoms with van der Waals surface area (Å²) in [7, 11) is 0. The van der Waals surface area contributed by atoms with Gasteiger partial charge in [0.15, 0.2) is 5.69 Å². The summed E-state index contributed by atoms with van der Waals surface area (Å²) in [4.78, 5) is 17.5. The smallest absolute Gasteiger partial charge is 0.276 e. The molecule has 2 aromatic carbocycles. The average molecular weight is 434 g/mol. The first-order chi connectivity index (χ1) is 15.7. The number of benzene rings is 2. The zero-order valence-electron chi connectivity index (χ0n) is 18.7. The molecule has 5 rings (SSSR count). The summed E-state index contributed by atoms with van der Waals surface area (Å²) in [5.41, 5.74) is 1.61. The fraction of sp³-hybridized carbons (Fsp3) is 0.480. The van der Waals surface area contributed by atoms with Crippen LogP contribution in [0.4, 0.5) is 0 Å². The van der Waals surface area contributed by atoms with Crippen molar-refractivity contribution in [2.75, 3.05) is 39.4 Å². The standard InChI is InChI=1S/C25H31N5O2/c1-19(28-13-15-32-16-14-28)20-9-11-29(12-10-20)25(31)24-18-30(27-26-24)17-22-7-4-6-21-5-2-3-8-23(21)22/h2-8,18-20H,9-17H2,1H3. The number of amides is 1. The molecule has 1 amide bonds. The Labute approximate surface area is 188 Å². The monoisotopic (exact) mass is 433 g/mol. The van der Waals surface area contributed by atoms with E-state index in [1.165, 1.54) is 16.3 Å². The van der Waals surface area contributed by atoms with Crippen molar-refractivity contribution in [3.8, 4) is 0 Å². The van der Waals surface area contributed by atoms with Crippen molar-refractivity contribution in [1.82, 2.24) is 24.8 Å². The second kappa shape index (κ2) is 9.38. The van der Waals surface area contributed by atoms with Crippen LogP contribution < -0.4 is 0 Å². The Morgan fingerprint density at radius 1 is 1.06 bits per heavy atom. The summed E-state index contributed by atoms with van der Waals surface area (Å²) in [6, 6.07) is 15.1. The molecule has 3 heterocycles. The number of fused-ring (bicyclic) bond motifs is 1. The molecule has 0 bridgehead atoms. The average Bonchev–Trinajstić information content (AvgIpc) is 3.32. The number of piperidine rings is 1. The molecule has 2 fully saturated rings. The number of carbonyl (C=O) groups is 1. The van der Waals surface area contributed by atoms with E-state index in [-0.39, 0.29) is 5.91 Å². The summed E-state index contributed by atoms with van der Waals surface area (Å²) >= 11 is 0. The van der Waals surface area contributed by atoms with E-state index in [1.807, 2.05) is 17.0 Å². The number of hydrogen-bond donors (Lipinski definition) is 0. The third-order valence-electron chi connectivity index (χ3n) is 7.10. The molecular weight excluding hydrogens is 402 g/mol. The number of rotatable bonds is 5. The number of likely N-dealkylation sites (tertiary alicyclic amines) is 1. The highest BCUT2D eigenvalue weighted by atomic mass is 16.5. The number of morpholine rings is 1. The Bertz CT molecular complexity index is 1060. The number of nitrogens with zero attached hydrogens (tertiary/aromatic N) is 5. The van der Waals surface area contributed by atoms with Gasteiger partial charge in [-0.2, -0.15) is 0 Å². The zero-order chi connectivity index (χ0) is 21.9. The van der Waals surface area contributed by atoms with Gasteiger partial charge >= 0.3 is 0 Å². The summed E-state index contributed by atoms with van der Waals surface area (Å²) in [5.74, 6) is 0.617. The molecule has 0 N–H and O–H groups in total. The highest BCUT2D eigenvalue weighted by molar-refractivity contribution is 5.92. The Morgan fingerprint density at radius 2 is 1.81 bits per heavy atom. The number of ether oxygens (including phenoxy) is 1. The molecule has 0 aliphatic carbocycles. The maximum atomic E-state index is 13.0. The van der Waals surface area contributed by atoms with Crippen molar-refractivity contribution in [2.45, 2.75) is 32.4 Å². The van der Waals surface area contributed by atoms with Crippen molar-refractivity contribution in [2.24, 2.45) is 5.92 Å². The number of hydrogen-bond acceptors (Lipinski definition) is 5. The summed E-state index contributed by atoms with van der Waals surface area (Å²) in [6.07, 6.45) is 3.86. The summed E-state index contributed by atoms with van der Waals surface area (Å²) in [6.45, 7) is 8.18. The molecule has 0 radical (unpaired) electrons. The Kier molecular flexibility index (Phi) is 6.19. The van der Waals surface area contributed by atoms with Crippen LogP contribution in [0.25, 0.3) is 10.8 Å². The molecule has 0 saturated carbocycles. The zero-order valence-corrected chi connectivity index (χ0v) is 18.7. The van der Waals surface area contributed by atoms with E-state index in [0.29, 0.717) is 24.2 Å². The normalized spacial score (nSPS) is 19.3. The minimum Gasteiger partial charge on any atom is -0.379 e. The van der Waals surface area contributed by atoms with Gasteiger partial charge in [0.25, 0.3) is 5.91 Å². The minimum atomic E-state index is -0.00774. The molecule has 168 valence electrons. The molecule has 2 aliphatic heterocycles. The first-order valence-electron chi connectivity index (χ1n) is 11.7. The Morgan fingerprint density at radius 3 is 2.62 bits per heavy atom. The lowest BCUT2D eigenvalue weighted by Gasteiger charge is -2.40. The van der Waals surface area contributed by atoms with E-state index in [1.54, 1.807) is 10.9 Å². The van der Waals surface area contributed by atoms with Crippen LogP contribution in [0.5, 0.6) is 0 Å². The van der Waals surface area contributed by atoms with Crippen molar-refractivity contribution < 1.29 is 9.53 Å². The van der Waals surface area contributed by atoms with E-state index >= 15 is 0 Å². The van der Waals surface area contributed by atoms with Crippen molar-refractivity contribution in [3.63, 3.8) is 0 Å². The highest BCUT2D eigenvalue weighted by Crippen LogP contribution is 2.25. The van der Waals surface area contributed by atoms with Crippen LogP contribution in [0.2, 0.25) is 0 Å². The molecule has 1 atom stereocenters. The second-order valence-corrected chi connectivity index (χ2v) is 8.96. The van der Waals surface area contributed by atoms with Crippen LogP contribution in [0, 0.1) is 5.92 Å². The molecule has 0 spiro atoms. The van der Waals surface area contributed by atoms with Gasteiger partial charge in [-0.1, -0.05) is 47.7 Å². The Balaban J connectivity index is 1.20. The van der Waals surface area contributed by atoms with Gasteiger partial charge in [0, 0.05) is 32.2 Å². The lowest BCUT2D eigenvalue weighted by Crippen LogP contribution is -2.49. The topological polar surface area (TPSA) is 63.5 Å². The van der Waals surface area contributed by atoms with E-state index in [2.05, 4.69) is 52.5 Å². The van der Waals surface area contributed by atoms with E-state index in [0.717, 1.165) is 52.2 Å². The van der Waals surface area contributed by atoms with Gasteiger partial charge in [-0.15, -0.1) is 5.10 Å². The lowest BCUT2D eigenvalue weighted by atomic mass is 9.89. The first-order valence-corrected chi connectivity index (χ1v) is 11.7. The van der Waals surface area contributed by atoms with E-state index in [4.69, 9.17) is 4.74 Å². The van der Waals surface area contributed by atoms with Crippen molar-refractivity contribution >= 4 is 16.7 Å². The van der Waals surface area contributed by atoms with Gasteiger partial charge in [-0.25, -0.2) is 4.68 Å². The van der Waals surface area contributed by atoms with Gasteiger partial charge in [0.05, 0.1) is 26.0 Å². The largest absolute Gasteiger partial charge is 0.379 e. The molecule has 2 saturated heterocycles. The lowest BCUT2D eigenvalue weighted by molar-refractivity contribution is -0.000987. The molecule has 3 aromatic rings. The third-order valence-corrected chi connectivity index (χ3v) is 7.10. The fourth-order valence-electron chi connectivity index (χ4n) is 5.11. The van der Waals surface area contributed by atoms with Gasteiger partial charge < -0.3 is 9.64 Å². The van der Waals surface area contributed by atoms with Crippen LogP contribution in [0.3, 0.4) is 0 Å². The van der Waals surface area contributed by atoms with E-state index < -0.39 is 0 Å². The SMILES string of the molecule is CC(C1CCN(C(=O)c2cn(Cc3cccc4ccccc34)nn2)CC1)N1CCOCC1. The van der Waals surface area contributed by atoms with Gasteiger partial charge in [-0.05, 0) is 42.0 Å². The van der Waals surface area contributed by atoms with Crippen molar-refractivity contribution in [3.05, 3.63) is 59.9 Å². The van der Waals surface area contributed by atoms with Gasteiger partial charge in [0.2, 0.25) is 0 Å². The predicted molar refractivity (Wildman–Crippen MR) is 124 cm³/mol. The maximum Gasteiger partial charge on any atom is 0.276 e. The highest BCUT2D eigenvalue weighted by Gasteiger charge is 2.31. The van der Waals surface area contributed by atoms with Crippen LogP contribution in [0.15, 0.2) is 48.7 Å². The van der Waals surface area contributed by atoms with Crippen LogP contribution >= 0.6 is 0 Å². The summed E-state index contributed by atoms with van der Waals surface area (Å²) in [5, 5.41) is 10.8. The minimum absolute atomic E-state index is 0.00774. The maximum absolute atomic E-state index is 13.0. The van der Waals surface area contributed by atoms with Gasteiger partial charge in [0.1, 0.15) is 0 Å². The fourth-order valence-corrected chi connectivity index (χ4v) is 5.11. The molecule has 1 unspecified atom stereocenters. The molecular formula is C25H31N5O2. The third kappa shape index (κ3) is 4.40. The molecule has 7 heteroatoms. The quantitative estimate of drug-likeness (QED) is 0.619. The van der Waals surface area contributed by atoms with Crippen LogP contribution in [0.1, 0.15) is 35.8 Å². The number of aromatic nitrogens is 3. The number of carbonyl (C=O) groups excluding carboxylic acids is 1.